The molecule has 0 unspecified atom stereocenters. The van der Waals surface area contributed by atoms with Crippen molar-refractivity contribution >= 4 is 16.6 Å². The lowest BCUT2D eigenvalue weighted by Gasteiger charge is -2.08. The van der Waals surface area contributed by atoms with Crippen molar-refractivity contribution in [3.8, 4) is 11.1 Å². The molecule has 0 radical (unpaired) electrons. The molecule has 0 atom stereocenters. The van der Waals surface area contributed by atoms with E-state index in [1.807, 2.05) is 19.2 Å². The summed E-state index contributed by atoms with van der Waals surface area (Å²) in [6.45, 7) is 6.39. The normalized spacial score (nSPS) is 10.5. The third-order valence-electron chi connectivity index (χ3n) is 3.35. The Morgan fingerprint density at radius 1 is 1.14 bits per heavy atom. The van der Waals surface area contributed by atoms with Gasteiger partial charge < -0.3 is 5.32 Å². The lowest BCUT2D eigenvalue weighted by molar-refractivity contribution is 1.09. The van der Waals surface area contributed by atoms with Crippen LogP contribution >= 0.6 is 0 Å². The average Bonchev–Trinajstić information content (AvgIpc) is 2.52. The monoisotopic (exact) mass is 275 g/mol. The molecule has 3 heteroatoms. The number of fused-ring (bicyclic) bond motifs is 1. The van der Waals surface area contributed by atoms with Gasteiger partial charge in [0.1, 0.15) is 5.82 Å². The van der Waals surface area contributed by atoms with Gasteiger partial charge in [0.2, 0.25) is 0 Å². The molecule has 3 rings (SSSR count). The number of aromatic nitrogens is 2. The van der Waals surface area contributed by atoms with E-state index in [9.17, 15) is 0 Å². The number of rotatable bonds is 4. The molecule has 3 nitrogen and oxygen atoms in total. The van der Waals surface area contributed by atoms with Crippen LogP contribution in [0.15, 0.2) is 61.3 Å². The Kier molecular flexibility index (Phi) is 3.65. The van der Waals surface area contributed by atoms with Crippen molar-refractivity contribution in [2.24, 2.45) is 0 Å². The molecule has 0 fully saturated rings. The maximum absolute atomic E-state index is 4.49. The highest BCUT2D eigenvalue weighted by atomic mass is 14.9. The van der Waals surface area contributed by atoms with Crippen molar-refractivity contribution < 1.29 is 0 Å². The molecule has 2 aromatic carbocycles. The van der Waals surface area contributed by atoms with E-state index in [-0.39, 0.29) is 0 Å². The molecule has 1 heterocycles. The van der Waals surface area contributed by atoms with Gasteiger partial charge in [0.05, 0.1) is 5.52 Å². The van der Waals surface area contributed by atoms with Crippen molar-refractivity contribution in [2.75, 3.05) is 11.9 Å². The Bertz CT molecular complexity index is 793. The largest absolute Gasteiger partial charge is 0.382 e. The number of anilines is 1. The minimum atomic E-state index is 0.758. The Labute approximate surface area is 124 Å². The third kappa shape index (κ3) is 2.92. The van der Waals surface area contributed by atoms with Gasteiger partial charge in [-0.3, -0.25) is 0 Å². The van der Waals surface area contributed by atoms with Gasteiger partial charge in [0.25, 0.3) is 0 Å². The Morgan fingerprint density at radius 2 is 2.00 bits per heavy atom. The Hall–Kier alpha value is -2.68. The lowest BCUT2D eigenvalue weighted by Crippen LogP contribution is -1.97. The number of aryl methyl sites for hydroxylation is 1. The number of nitrogens with one attached hydrogen (secondary N) is 1. The standard InChI is InChI=1S/C18H17N3/c1-3-9-19-17-6-4-5-14(10-17)15-7-8-16-12-20-13(2)21-18(16)11-15/h3-8,10-12,19H,1,9H2,2H3. The SMILES string of the molecule is C=CCNc1cccc(-c2ccc3cnc(C)nc3c2)c1. The summed E-state index contributed by atoms with van der Waals surface area (Å²) >= 11 is 0. The summed E-state index contributed by atoms with van der Waals surface area (Å²) in [4.78, 5) is 8.72. The number of hydrogen-bond acceptors (Lipinski definition) is 3. The van der Waals surface area contributed by atoms with Gasteiger partial charge in [-0.25, -0.2) is 9.97 Å². The van der Waals surface area contributed by atoms with Crippen molar-refractivity contribution in [1.82, 2.24) is 9.97 Å². The molecular weight excluding hydrogens is 258 g/mol. The number of nitrogens with zero attached hydrogens (tertiary/aromatic N) is 2. The molecule has 0 saturated heterocycles. The summed E-state index contributed by atoms with van der Waals surface area (Å²) in [5, 5.41) is 4.37. The highest BCUT2D eigenvalue weighted by molar-refractivity contribution is 5.84. The van der Waals surface area contributed by atoms with Gasteiger partial charge in [-0.05, 0) is 36.2 Å². The van der Waals surface area contributed by atoms with Crippen LogP contribution in [0.3, 0.4) is 0 Å². The first kappa shape index (κ1) is 13.3. The summed E-state index contributed by atoms with van der Waals surface area (Å²) < 4.78 is 0. The zero-order valence-corrected chi connectivity index (χ0v) is 12.0. The quantitative estimate of drug-likeness (QED) is 0.725. The lowest BCUT2D eigenvalue weighted by atomic mass is 10.0. The molecule has 0 saturated carbocycles. The minimum Gasteiger partial charge on any atom is -0.382 e. The predicted octanol–water partition coefficient (Wildman–Crippen LogP) is 4.20. The first-order valence-electron chi connectivity index (χ1n) is 6.95. The van der Waals surface area contributed by atoms with Crippen molar-refractivity contribution in [1.29, 1.82) is 0 Å². The third-order valence-corrected chi connectivity index (χ3v) is 3.35. The molecule has 0 bridgehead atoms. The van der Waals surface area contributed by atoms with Crippen LogP contribution in [0, 0.1) is 6.92 Å². The fourth-order valence-electron chi connectivity index (χ4n) is 2.29. The zero-order chi connectivity index (χ0) is 14.7. The van der Waals surface area contributed by atoms with Gasteiger partial charge in [-0.2, -0.15) is 0 Å². The molecule has 1 N–H and O–H groups in total. The second kappa shape index (κ2) is 5.75. The molecule has 0 aliphatic carbocycles. The molecule has 104 valence electrons. The van der Waals surface area contributed by atoms with E-state index in [0.717, 1.165) is 34.5 Å². The molecule has 21 heavy (non-hydrogen) atoms. The van der Waals surface area contributed by atoms with E-state index in [0.29, 0.717) is 0 Å². The summed E-state index contributed by atoms with van der Waals surface area (Å²) in [5.41, 5.74) is 4.39. The second-order valence-electron chi connectivity index (χ2n) is 4.94. The van der Waals surface area contributed by atoms with Crippen LogP contribution in [-0.4, -0.2) is 16.5 Å². The van der Waals surface area contributed by atoms with Gasteiger partial charge in [-0.15, -0.1) is 6.58 Å². The number of hydrogen-bond donors (Lipinski definition) is 1. The van der Waals surface area contributed by atoms with Crippen LogP contribution in [0.25, 0.3) is 22.0 Å². The van der Waals surface area contributed by atoms with Crippen molar-refractivity contribution in [3.63, 3.8) is 0 Å². The van der Waals surface area contributed by atoms with Gasteiger partial charge in [0.15, 0.2) is 0 Å². The predicted molar refractivity (Wildman–Crippen MR) is 88.4 cm³/mol. The summed E-state index contributed by atoms with van der Waals surface area (Å²) in [6.07, 6.45) is 3.71. The average molecular weight is 275 g/mol. The van der Waals surface area contributed by atoms with Crippen LogP contribution in [-0.2, 0) is 0 Å². The second-order valence-corrected chi connectivity index (χ2v) is 4.94. The molecule has 0 aliphatic rings. The Balaban J connectivity index is 2.01. The van der Waals surface area contributed by atoms with Crippen LogP contribution in [0.2, 0.25) is 0 Å². The van der Waals surface area contributed by atoms with Gasteiger partial charge >= 0.3 is 0 Å². The van der Waals surface area contributed by atoms with Gasteiger partial charge in [0, 0.05) is 23.8 Å². The zero-order valence-electron chi connectivity index (χ0n) is 12.0. The van der Waals surface area contributed by atoms with E-state index < -0.39 is 0 Å². The smallest absolute Gasteiger partial charge is 0.125 e. The maximum atomic E-state index is 4.49. The van der Waals surface area contributed by atoms with Crippen LogP contribution in [0.5, 0.6) is 0 Å². The van der Waals surface area contributed by atoms with E-state index in [1.54, 1.807) is 0 Å². The molecule has 1 aromatic heterocycles. The summed E-state index contributed by atoms with van der Waals surface area (Å²) in [5.74, 6) is 0.793. The maximum Gasteiger partial charge on any atom is 0.125 e. The van der Waals surface area contributed by atoms with E-state index >= 15 is 0 Å². The molecule has 0 spiro atoms. The van der Waals surface area contributed by atoms with Crippen LogP contribution < -0.4 is 5.32 Å². The topological polar surface area (TPSA) is 37.8 Å². The van der Waals surface area contributed by atoms with Crippen LogP contribution in [0.1, 0.15) is 5.82 Å². The van der Waals surface area contributed by atoms with Crippen molar-refractivity contribution in [3.05, 3.63) is 67.1 Å². The van der Waals surface area contributed by atoms with E-state index in [2.05, 4.69) is 64.3 Å². The molecule has 0 amide bonds. The summed E-state index contributed by atoms with van der Waals surface area (Å²) in [6, 6.07) is 14.6. The minimum absolute atomic E-state index is 0.758. The first-order chi connectivity index (χ1) is 10.3. The van der Waals surface area contributed by atoms with Crippen molar-refractivity contribution in [2.45, 2.75) is 6.92 Å². The Morgan fingerprint density at radius 3 is 2.86 bits per heavy atom. The highest BCUT2D eigenvalue weighted by Gasteiger charge is 2.02. The van der Waals surface area contributed by atoms with Gasteiger partial charge in [-0.1, -0.05) is 30.3 Å². The number of benzene rings is 2. The molecular formula is C18H17N3. The van der Waals surface area contributed by atoms with E-state index in [4.69, 9.17) is 0 Å². The molecule has 3 aromatic rings. The van der Waals surface area contributed by atoms with E-state index in [1.165, 1.54) is 5.56 Å². The van der Waals surface area contributed by atoms with Crippen LogP contribution in [0.4, 0.5) is 5.69 Å². The highest BCUT2D eigenvalue weighted by Crippen LogP contribution is 2.25. The fourth-order valence-corrected chi connectivity index (χ4v) is 2.29. The first-order valence-corrected chi connectivity index (χ1v) is 6.95. The summed E-state index contributed by atoms with van der Waals surface area (Å²) in [7, 11) is 0. The molecule has 0 aliphatic heterocycles. The fraction of sp³-hybridized carbons (Fsp3) is 0.111.